The molecule has 0 fully saturated rings. The number of aliphatic hydroxyl groups is 1. The second-order valence-electron chi connectivity index (χ2n) is 5.90. The van der Waals surface area contributed by atoms with Crippen molar-refractivity contribution in [2.45, 2.75) is 26.1 Å². The molecule has 0 bridgehead atoms. The summed E-state index contributed by atoms with van der Waals surface area (Å²) in [5.74, 6) is 1.45. The van der Waals surface area contributed by atoms with E-state index < -0.39 is 6.10 Å². The largest absolute Gasteiger partial charge is 0.491 e. The molecule has 0 spiro atoms. The molecule has 1 N–H and O–H groups in total. The van der Waals surface area contributed by atoms with Gasteiger partial charge in [0.05, 0.1) is 19.8 Å². The van der Waals surface area contributed by atoms with Crippen LogP contribution in [0.2, 0.25) is 0 Å². The van der Waals surface area contributed by atoms with Gasteiger partial charge in [-0.25, -0.2) is 0 Å². The van der Waals surface area contributed by atoms with Gasteiger partial charge < -0.3 is 24.1 Å². The molecule has 2 aromatic rings. The Morgan fingerprint density at radius 1 is 0.769 bits per heavy atom. The van der Waals surface area contributed by atoms with Crippen molar-refractivity contribution in [1.82, 2.24) is 0 Å². The van der Waals surface area contributed by atoms with E-state index in [2.05, 4.69) is 6.92 Å². The van der Waals surface area contributed by atoms with Crippen LogP contribution >= 0.6 is 0 Å². The molecule has 0 aliphatic rings. The van der Waals surface area contributed by atoms with Crippen LogP contribution in [-0.2, 0) is 16.1 Å². The van der Waals surface area contributed by atoms with E-state index in [9.17, 15) is 5.11 Å². The third-order valence-electron chi connectivity index (χ3n) is 3.53. The van der Waals surface area contributed by atoms with Gasteiger partial charge in [-0.3, -0.25) is 0 Å². The van der Waals surface area contributed by atoms with Crippen LogP contribution in [-0.4, -0.2) is 44.2 Å². The van der Waals surface area contributed by atoms with Crippen molar-refractivity contribution >= 4 is 0 Å². The summed E-state index contributed by atoms with van der Waals surface area (Å²) in [6.07, 6.45) is 0.334. The minimum absolute atomic E-state index is 0.180. The van der Waals surface area contributed by atoms with Crippen molar-refractivity contribution in [2.75, 3.05) is 33.0 Å². The molecule has 2 aromatic carbocycles. The highest BCUT2D eigenvalue weighted by atomic mass is 16.5. The maximum Gasteiger partial charge on any atom is 0.119 e. The number of ether oxygens (including phenoxy) is 4. The van der Waals surface area contributed by atoms with E-state index >= 15 is 0 Å². The molecule has 0 aliphatic heterocycles. The average molecular weight is 360 g/mol. The first-order valence-corrected chi connectivity index (χ1v) is 9.01. The van der Waals surface area contributed by atoms with Gasteiger partial charge in [-0.1, -0.05) is 37.3 Å². The fraction of sp³-hybridized carbons (Fsp3) is 0.429. The first kappa shape index (κ1) is 20.2. The summed E-state index contributed by atoms with van der Waals surface area (Å²) < 4.78 is 22.0. The highest BCUT2D eigenvalue weighted by molar-refractivity contribution is 5.31. The lowest BCUT2D eigenvalue weighted by Gasteiger charge is -2.13. The van der Waals surface area contributed by atoms with Gasteiger partial charge in [-0.15, -0.1) is 0 Å². The maximum absolute atomic E-state index is 9.94. The summed E-state index contributed by atoms with van der Waals surface area (Å²) in [7, 11) is 0. The zero-order valence-electron chi connectivity index (χ0n) is 15.3. The number of hydrogen-bond donors (Lipinski definition) is 1. The normalized spacial score (nSPS) is 11.9. The monoisotopic (exact) mass is 360 g/mol. The zero-order valence-corrected chi connectivity index (χ0v) is 15.3. The predicted molar refractivity (Wildman–Crippen MR) is 101 cm³/mol. The average Bonchev–Trinajstić information content (AvgIpc) is 2.68. The van der Waals surface area contributed by atoms with Crippen molar-refractivity contribution in [3.05, 3.63) is 60.2 Å². The molecule has 1 unspecified atom stereocenters. The van der Waals surface area contributed by atoms with Gasteiger partial charge in [0.1, 0.15) is 30.8 Å². The fourth-order valence-electron chi connectivity index (χ4n) is 2.22. The van der Waals surface area contributed by atoms with E-state index in [0.29, 0.717) is 25.6 Å². The van der Waals surface area contributed by atoms with Crippen LogP contribution in [0.1, 0.15) is 18.9 Å². The lowest BCUT2D eigenvalue weighted by molar-refractivity contribution is 0.00548. The van der Waals surface area contributed by atoms with Crippen molar-refractivity contribution in [3.63, 3.8) is 0 Å². The van der Waals surface area contributed by atoms with E-state index in [1.54, 1.807) is 0 Å². The molecule has 0 amide bonds. The Morgan fingerprint density at radius 3 is 2.15 bits per heavy atom. The predicted octanol–water partition coefficient (Wildman–Crippen LogP) is 3.45. The minimum Gasteiger partial charge on any atom is -0.491 e. The van der Waals surface area contributed by atoms with Crippen LogP contribution in [0.5, 0.6) is 11.5 Å². The van der Waals surface area contributed by atoms with Crippen molar-refractivity contribution in [1.29, 1.82) is 0 Å². The Hall–Kier alpha value is -2.08. The van der Waals surface area contributed by atoms with Crippen molar-refractivity contribution < 1.29 is 24.1 Å². The highest BCUT2D eigenvalue weighted by Crippen LogP contribution is 2.17. The zero-order chi connectivity index (χ0) is 18.5. The Kier molecular flexibility index (Phi) is 9.57. The number of rotatable bonds is 13. The first-order chi connectivity index (χ1) is 12.8. The highest BCUT2D eigenvalue weighted by Gasteiger charge is 2.06. The molecular weight excluding hydrogens is 332 g/mol. The third-order valence-corrected chi connectivity index (χ3v) is 3.53. The molecule has 2 rings (SSSR count). The Labute approximate surface area is 155 Å². The molecule has 26 heavy (non-hydrogen) atoms. The van der Waals surface area contributed by atoms with E-state index in [4.69, 9.17) is 18.9 Å². The molecule has 0 heterocycles. The van der Waals surface area contributed by atoms with E-state index in [1.165, 1.54) is 0 Å². The molecule has 5 nitrogen and oxygen atoms in total. The van der Waals surface area contributed by atoms with Crippen molar-refractivity contribution in [2.24, 2.45) is 0 Å². The molecule has 0 saturated heterocycles. The van der Waals surface area contributed by atoms with Gasteiger partial charge in [0, 0.05) is 6.61 Å². The Morgan fingerprint density at radius 2 is 1.46 bits per heavy atom. The quantitative estimate of drug-likeness (QED) is 0.555. The van der Waals surface area contributed by atoms with Crippen LogP contribution in [0.3, 0.4) is 0 Å². The third kappa shape index (κ3) is 8.34. The first-order valence-electron chi connectivity index (χ1n) is 9.01. The standard InChI is InChI=1S/C21H28O5/c1-2-12-23-13-14-25-20-8-10-21(11-9-20)26-17-19(22)16-24-15-18-6-4-3-5-7-18/h3-11,19,22H,2,12-17H2,1H3. The summed E-state index contributed by atoms with van der Waals surface area (Å²) >= 11 is 0. The van der Waals surface area contributed by atoms with Gasteiger partial charge in [0.2, 0.25) is 0 Å². The molecule has 0 radical (unpaired) electrons. The van der Waals surface area contributed by atoms with Crippen molar-refractivity contribution in [3.8, 4) is 11.5 Å². The van der Waals surface area contributed by atoms with Gasteiger partial charge in [-0.05, 0) is 36.2 Å². The van der Waals surface area contributed by atoms with Crippen LogP contribution in [0, 0.1) is 0 Å². The van der Waals surface area contributed by atoms with Crippen LogP contribution in [0.4, 0.5) is 0 Å². The molecular formula is C21H28O5. The number of hydrogen-bond acceptors (Lipinski definition) is 5. The van der Waals surface area contributed by atoms with Gasteiger partial charge >= 0.3 is 0 Å². The molecule has 0 aromatic heterocycles. The van der Waals surface area contributed by atoms with Gasteiger partial charge in [-0.2, -0.15) is 0 Å². The summed E-state index contributed by atoms with van der Waals surface area (Å²) in [6, 6.07) is 17.2. The second kappa shape index (κ2) is 12.3. The maximum atomic E-state index is 9.94. The van der Waals surface area contributed by atoms with Crippen LogP contribution < -0.4 is 9.47 Å². The topological polar surface area (TPSA) is 57.2 Å². The number of aliphatic hydroxyl groups excluding tert-OH is 1. The Balaban J connectivity index is 1.59. The molecule has 142 valence electrons. The van der Waals surface area contributed by atoms with Gasteiger partial charge in [0.25, 0.3) is 0 Å². The smallest absolute Gasteiger partial charge is 0.119 e. The summed E-state index contributed by atoms with van der Waals surface area (Å²) in [4.78, 5) is 0. The second-order valence-corrected chi connectivity index (χ2v) is 5.90. The summed E-state index contributed by atoms with van der Waals surface area (Å²) in [6.45, 7) is 4.83. The van der Waals surface area contributed by atoms with Crippen LogP contribution in [0.15, 0.2) is 54.6 Å². The van der Waals surface area contributed by atoms with E-state index in [-0.39, 0.29) is 13.2 Å². The summed E-state index contributed by atoms with van der Waals surface area (Å²) in [5.41, 5.74) is 1.08. The molecule has 5 heteroatoms. The summed E-state index contributed by atoms with van der Waals surface area (Å²) in [5, 5.41) is 9.94. The fourth-order valence-corrected chi connectivity index (χ4v) is 2.22. The SMILES string of the molecule is CCCOCCOc1ccc(OCC(O)COCc2ccccc2)cc1. The molecule has 1 atom stereocenters. The minimum atomic E-state index is -0.676. The van der Waals surface area contributed by atoms with Crippen LogP contribution in [0.25, 0.3) is 0 Å². The lowest BCUT2D eigenvalue weighted by atomic mass is 10.2. The molecule has 0 aliphatic carbocycles. The Bertz CT molecular complexity index is 585. The van der Waals surface area contributed by atoms with E-state index in [1.807, 2.05) is 54.6 Å². The lowest BCUT2D eigenvalue weighted by Crippen LogP contribution is -2.23. The van der Waals surface area contributed by atoms with E-state index in [0.717, 1.165) is 24.3 Å². The van der Waals surface area contributed by atoms with Gasteiger partial charge in [0.15, 0.2) is 0 Å². The molecule has 0 saturated carbocycles. The number of benzene rings is 2.